The number of anilines is 1. The van der Waals surface area contributed by atoms with Gasteiger partial charge in [0.1, 0.15) is 23.6 Å². The first-order valence-corrected chi connectivity index (χ1v) is 10.2. The third-order valence-electron chi connectivity index (χ3n) is 4.64. The minimum absolute atomic E-state index is 0.111. The molecule has 33 heavy (non-hydrogen) atoms. The van der Waals surface area contributed by atoms with Crippen LogP contribution in [0.5, 0.6) is 23.1 Å². The highest BCUT2D eigenvalue weighted by atomic mass is 16.5. The molecule has 0 bridgehead atoms. The van der Waals surface area contributed by atoms with E-state index in [1.165, 1.54) is 6.33 Å². The van der Waals surface area contributed by atoms with Gasteiger partial charge in [-0.2, -0.15) is 5.10 Å². The van der Waals surface area contributed by atoms with Crippen LogP contribution in [0.25, 0.3) is 5.82 Å². The molecule has 9 heteroatoms. The van der Waals surface area contributed by atoms with Crippen molar-refractivity contribution in [1.29, 1.82) is 0 Å². The van der Waals surface area contributed by atoms with Crippen molar-refractivity contribution >= 4 is 11.6 Å². The average molecular weight is 445 g/mol. The zero-order chi connectivity index (χ0) is 23.2. The number of aromatic nitrogens is 4. The Morgan fingerprint density at radius 3 is 2.30 bits per heavy atom. The lowest BCUT2D eigenvalue weighted by Gasteiger charge is -2.10. The fourth-order valence-corrected chi connectivity index (χ4v) is 3.11. The summed E-state index contributed by atoms with van der Waals surface area (Å²) in [7, 11) is 1.59. The van der Waals surface area contributed by atoms with Gasteiger partial charge < -0.3 is 19.5 Å². The van der Waals surface area contributed by atoms with Crippen molar-refractivity contribution in [1.82, 2.24) is 19.7 Å². The summed E-state index contributed by atoms with van der Waals surface area (Å²) in [5, 5.41) is 7.21. The van der Waals surface area contributed by atoms with E-state index in [4.69, 9.17) is 14.2 Å². The van der Waals surface area contributed by atoms with Crippen molar-refractivity contribution in [2.45, 2.75) is 13.8 Å². The predicted molar refractivity (Wildman–Crippen MR) is 122 cm³/mol. The van der Waals surface area contributed by atoms with Crippen LogP contribution < -0.4 is 19.5 Å². The second kappa shape index (κ2) is 9.82. The average Bonchev–Trinajstić information content (AvgIpc) is 3.17. The molecule has 4 aromatic rings. The van der Waals surface area contributed by atoms with E-state index in [9.17, 15) is 4.79 Å². The number of carbonyl (C=O) groups is 1. The lowest BCUT2D eigenvalue weighted by molar-refractivity contribution is -0.118. The number of hydrogen-bond acceptors (Lipinski definition) is 7. The Balaban J connectivity index is 1.33. The number of nitrogens with one attached hydrogen (secondary N) is 1. The minimum Gasteiger partial charge on any atom is -0.497 e. The van der Waals surface area contributed by atoms with Gasteiger partial charge in [-0.05, 0) is 68.4 Å². The van der Waals surface area contributed by atoms with Crippen molar-refractivity contribution in [3.63, 3.8) is 0 Å². The number of hydrogen-bond donors (Lipinski definition) is 1. The Morgan fingerprint density at radius 2 is 1.64 bits per heavy atom. The van der Waals surface area contributed by atoms with Gasteiger partial charge in [0.25, 0.3) is 5.91 Å². The fourth-order valence-electron chi connectivity index (χ4n) is 3.11. The summed E-state index contributed by atoms with van der Waals surface area (Å²) < 4.78 is 18.1. The van der Waals surface area contributed by atoms with Gasteiger partial charge in [-0.3, -0.25) is 4.79 Å². The quantitative estimate of drug-likeness (QED) is 0.436. The van der Waals surface area contributed by atoms with Crippen molar-refractivity contribution in [2.24, 2.45) is 0 Å². The number of amides is 1. The van der Waals surface area contributed by atoms with Crippen LogP contribution in [0.1, 0.15) is 11.4 Å². The molecule has 0 spiro atoms. The van der Waals surface area contributed by atoms with Gasteiger partial charge in [-0.1, -0.05) is 0 Å². The van der Waals surface area contributed by atoms with Crippen LogP contribution in [-0.2, 0) is 4.79 Å². The summed E-state index contributed by atoms with van der Waals surface area (Å²) in [5.74, 6) is 2.60. The number of carbonyl (C=O) groups excluding carboxylic acids is 1. The normalized spacial score (nSPS) is 10.5. The number of methoxy groups -OCH3 is 1. The molecular formula is C24H23N5O4. The third kappa shape index (κ3) is 5.65. The molecule has 2 aromatic carbocycles. The SMILES string of the molecule is COc1ccc(OCC(=O)Nc2ccc(Oc3cc(-n4nc(C)cc4C)ncn3)cc2)cc1. The van der Waals surface area contributed by atoms with Crippen LogP contribution >= 0.6 is 0 Å². The van der Waals surface area contributed by atoms with Crippen LogP contribution in [0.15, 0.2) is 67.0 Å². The molecule has 168 valence electrons. The van der Waals surface area contributed by atoms with Gasteiger partial charge in [-0.15, -0.1) is 0 Å². The van der Waals surface area contributed by atoms with Gasteiger partial charge in [0, 0.05) is 17.4 Å². The highest BCUT2D eigenvalue weighted by molar-refractivity contribution is 5.91. The van der Waals surface area contributed by atoms with E-state index < -0.39 is 0 Å². The maximum absolute atomic E-state index is 12.2. The lowest BCUT2D eigenvalue weighted by Crippen LogP contribution is -2.20. The van der Waals surface area contributed by atoms with E-state index >= 15 is 0 Å². The van der Waals surface area contributed by atoms with E-state index in [1.54, 1.807) is 66.4 Å². The van der Waals surface area contributed by atoms with E-state index in [0.717, 1.165) is 17.1 Å². The number of rotatable bonds is 8. The van der Waals surface area contributed by atoms with Crippen LogP contribution in [0.3, 0.4) is 0 Å². The predicted octanol–water partition coefficient (Wildman–Crippen LogP) is 4.10. The lowest BCUT2D eigenvalue weighted by atomic mass is 10.3. The Kier molecular flexibility index (Phi) is 6.49. The molecule has 0 aliphatic rings. The molecule has 0 saturated heterocycles. The molecule has 1 N–H and O–H groups in total. The molecule has 0 aliphatic heterocycles. The second-order valence-corrected chi connectivity index (χ2v) is 7.19. The molecule has 0 fully saturated rings. The molecular weight excluding hydrogens is 422 g/mol. The molecule has 1 amide bonds. The Labute approximate surface area is 191 Å². The van der Waals surface area contributed by atoms with Gasteiger partial charge in [0.15, 0.2) is 12.4 Å². The molecule has 0 radical (unpaired) electrons. The first kappa shape index (κ1) is 21.8. The summed E-state index contributed by atoms with van der Waals surface area (Å²) >= 11 is 0. The summed E-state index contributed by atoms with van der Waals surface area (Å²) in [6.07, 6.45) is 1.43. The highest BCUT2D eigenvalue weighted by Crippen LogP contribution is 2.23. The zero-order valence-corrected chi connectivity index (χ0v) is 18.5. The molecule has 0 aliphatic carbocycles. The Hall–Kier alpha value is -4.40. The summed E-state index contributed by atoms with van der Waals surface area (Å²) in [6.45, 7) is 3.77. The van der Waals surface area contributed by atoms with Crippen molar-refractivity contribution in [2.75, 3.05) is 19.0 Å². The first-order valence-electron chi connectivity index (χ1n) is 10.2. The maximum Gasteiger partial charge on any atom is 0.262 e. The third-order valence-corrected chi connectivity index (χ3v) is 4.64. The largest absolute Gasteiger partial charge is 0.497 e. The number of nitrogens with zero attached hydrogens (tertiary/aromatic N) is 4. The standard InChI is InChI=1S/C24H23N5O4/c1-16-12-17(2)29(28-16)22-13-24(26-15-25-22)33-21-6-4-18(5-7-21)27-23(30)14-32-20-10-8-19(31-3)9-11-20/h4-13,15H,14H2,1-3H3,(H,27,30). The molecule has 2 heterocycles. The number of benzene rings is 2. The maximum atomic E-state index is 12.2. The molecule has 0 unspecified atom stereocenters. The van der Waals surface area contributed by atoms with Crippen molar-refractivity contribution in [3.05, 3.63) is 78.4 Å². The highest BCUT2D eigenvalue weighted by Gasteiger charge is 2.09. The first-order chi connectivity index (χ1) is 16.0. The van der Waals surface area contributed by atoms with Crippen molar-refractivity contribution < 1.29 is 19.0 Å². The van der Waals surface area contributed by atoms with Crippen LogP contribution in [-0.4, -0.2) is 39.4 Å². The summed E-state index contributed by atoms with van der Waals surface area (Å²) in [6, 6.07) is 17.7. The fraction of sp³-hybridized carbons (Fsp3) is 0.167. The van der Waals surface area contributed by atoms with Crippen LogP contribution in [0.2, 0.25) is 0 Å². The number of ether oxygens (including phenoxy) is 3. The van der Waals surface area contributed by atoms with Crippen LogP contribution in [0.4, 0.5) is 5.69 Å². The minimum atomic E-state index is -0.273. The molecule has 4 rings (SSSR count). The Morgan fingerprint density at radius 1 is 0.939 bits per heavy atom. The van der Waals surface area contributed by atoms with E-state index in [0.29, 0.717) is 28.9 Å². The zero-order valence-electron chi connectivity index (χ0n) is 18.5. The molecule has 0 atom stereocenters. The van der Waals surface area contributed by atoms with Crippen LogP contribution in [0, 0.1) is 13.8 Å². The second-order valence-electron chi connectivity index (χ2n) is 7.19. The van der Waals surface area contributed by atoms with Gasteiger partial charge >= 0.3 is 0 Å². The smallest absolute Gasteiger partial charge is 0.262 e. The van der Waals surface area contributed by atoms with E-state index in [2.05, 4.69) is 20.4 Å². The van der Waals surface area contributed by atoms with E-state index in [1.807, 2.05) is 19.9 Å². The van der Waals surface area contributed by atoms with Gasteiger partial charge in [0.05, 0.1) is 12.8 Å². The molecule has 9 nitrogen and oxygen atoms in total. The topological polar surface area (TPSA) is 100 Å². The van der Waals surface area contributed by atoms with E-state index in [-0.39, 0.29) is 12.5 Å². The monoisotopic (exact) mass is 445 g/mol. The molecule has 0 saturated carbocycles. The summed E-state index contributed by atoms with van der Waals surface area (Å²) in [4.78, 5) is 20.6. The van der Waals surface area contributed by atoms with Gasteiger partial charge in [-0.25, -0.2) is 14.6 Å². The van der Waals surface area contributed by atoms with Crippen molar-refractivity contribution in [3.8, 4) is 28.9 Å². The Bertz CT molecular complexity index is 1240. The molecule has 2 aromatic heterocycles. The number of aryl methyl sites for hydroxylation is 2. The van der Waals surface area contributed by atoms with Gasteiger partial charge in [0.2, 0.25) is 5.88 Å². The summed E-state index contributed by atoms with van der Waals surface area (Å²) in [5.41, 5.74) is 2.49.